The van der Waals surface area contributed by atoms with Crippen molar-refractivity contribution in [3.05, 3.63) is 35.9 Å². The highest BCUT2D eigenvalue weighted by molar-refractivity contribution is 6.17. The first kappa shape index (κ1) is 23.1. The van der Waals surface area contributed by atoms with Gasteiger partial charge in [-0.15, -0.1) is 11.6 Å². The van der Waals surface area contributed by atoms with Gasteiger partial charge in [0.05, 0.1) is 49.5 Å². The molecular weight excluding hydrogens is 454 g/mol. The van der Waals surface area contributed by atoms with E-state index in [-0.39, 0.29) is 12.2 Å². The predicted octanol–water partition coefficient (Wildman–Crippen LogP) is 3.89. The Labute approximate surface area is 204 Å². The number of halogens is 1. The van der Waals surface area contributed by atoms with Crippen LogP contribution in [0.3, 0.4) is 0 Å². The number of hydrogen-bond donors (Lipinski definition) is 0. The van der Waals surface area contributed by atoms with Gasteiger partial charge in [-0.1, -0.05) is 0 Å². The first-order valence-electron chi connectivity index (χ1n) is 11.7. The largest absolute Gasteiger partial charge is 0.496 e. The lowest BCUT2D eigenvalue weighted by Gasteiger charge is -2.36. The topological polar surface area (TPSA) is 72.8 Å². The molecule has 0 unspecified atom stereocenters. The van der Waals surface area contributed by atoms with Crippen molar-refractivity contribution in [2.24, 2.45) is 0 Å². The number of pyridine rings is 1. The summed E-state index contributed by atoms with van der Waals surface area (Å²) in [7, 11) is 1.65. The van der Waals surface area contributed by atoms with Gasteiger partial charge in [-0.25, -0.2) is 4.98 Å². The lowest BCUT2D eigenvalue weighted by Crippen LogP contribution is -2.46. The molecular formula is C25H30ClN5O3. The molecule has 0 spiro atoms. The number of nitrogens with zero attached hydrogens (tertiary/aromatic N) is 5. The zero-order chi connectivity index (χ0) is 23.7. The van der Waals surface area contributed by atoms with Gasteiger partial charge in [0, 0.05) is 37.3 Å². The summed E-state index contributed by atoms with van der Waals surface area (Å²) in [5.41, 5.74) is 3.42. The number of morpholine rings is 2. The molecule has 0 bridgehead atoms. The molecule has 34 heavy (non-hydrogen) atoms. The minimum atomic E-state index is 0.113. The first-order chi connectivity index (χ1) is 16.6. The lowest BCUT2D eigenvalue weighted by atomic mass is 10.1. The van der Waals surface area contributed by atoms with Crippen LogP contribution >= 0.6 is 11.6 Å². The fourth-order valence-electron chi connectivity index (χ4n) is 4.68. The molecule has 0 amide bonds. The molecule has 0 aliphatic carbocycles. The lowest BCUT2D eigenvalue weighted by molar-refractivity contribution is -0.00570. The molecule has 8 nitrogen and oxygen atoms in total. The molecule has 9 heteroatoms. The highest BCUT2D eigenvalue weighted by Gasteiger charge is 2.26. The summed E-state index contributed by atoms with van der Waals surface area (Å²) in [4.78, 5) is 19.4. The Balaban J connectivity index is 1.61. The van der Waals surface area contributed by atoms with Crippen LogP contribution in [0.1, 0.15) is 19.4 Å². The number of methoxy groups -OCH3 is 1. The Kier molecular flexibility index (Phi) is 6.72. The second kappa shape index (κ2) is 9.90. The maximum absolute atomic E-state index is 6.15. The van der Waals surface area contributed by atoms with Gasteiger partial charge < -0.3 is 24.0 Å². The summed E-state index contributed by atoms with van der Waals surface area (Å²) in [5.74, 6) is 2.74. The van der Waals surface area contributed by atoms with E-state index >= 15 is 0 Å². The smallest absolute Gasteiger partial charge is 0.229 e. The number of aromatic nitrogens is 3. The zero-order valence-electron chi connectivity index (χ0n) is 19.8. The van der Waals surface area contributed by atoms with Gasteiger partial charge in [-0.2, -0.15) is 9.97 Å². The molecule has 2 aromatic heterocycles. The van der Waals surface area contributed by atoms with E-state index in [1.807, 2.05) is 24.3 Å². The number of alkyl halides is 1. The SMILES string of the molecule is COc1ccc(-c2ccc3c(N4CCOCC4)nc(N4C[C@@H](C)O[C@@H](C)C4)nc3n2)cc1CCl. The standard InChI is InChI=1S/C25H30ClN5O3/c1-16-14-31(15-17(2)34-16)25-28-23-20(24(29-25)30-8-10-33-11-9-30)5-6-21(27-23)18-4-7-22(32-3)19(12-18)13-26/h4-7,12,16-17H,8-11,13-15H2,1-3H3/t16-,17+. The van der Waals surface area contributed by atoms with Crippen molar-refractivity contribution in [2.75, 3.05) is 56.3 Å². The first-order valence-corrected chi connectivity index (χ1v) is 12.2. The van der Waals surface area contributed by atoms with Crippen LogP contribution in [0.25, 0.3) is 22.3 Å². The van der Waals surface area contributed by atoms with E-state index in [1.165, 1.54) is 0 Å². The summed E-state index contributed by atoms with van der Waals surface area (Å²) in [5, 5.41) is 0.940. The van der Waals surface area contributed by atoms with E-state index in [9.17, 15) is 0 Å². The Morgan fingerprint density at radius 1 is 1.00 bits per heavy atom. The zero-order valence-corrected chi connectivity index (χ0v) is 20.6. The van der Waals surface area contributed by atoms with Gasteiger partial charge in [0.15, 0.2) is 5.65 Å². The van der Waals surface area contributed by atoms with Crippen molar-refractivity contribution in [1.29, 1.82) is 0 Å². The van der Waals surface area contributed by atoms with E-state index in [0.29, 0.717) is 30.7 Å². The molecule has 2 aliphatic heterocycles. The molecule has 0 N–H and O–H groups in total. The number of hydrogen-bond acceptors (Lipinski definition) is 8. The van der Waals surface area contributed by atoms with E-state index in [1.54, 1.807) is 7.11 Å². The fourth-order valence-corrected chi connectivity index (χ4v) is 4.89. The van der Waals surface area contributed by atoms with Crippen LogP contribution in [0.2, 0.25) is 0 Å². The van der Waals surface area contributed by atoms with Gasteiger partial charge in [-0.3, -0.25) is 0 Å². The number of benzene rings is 1. The third-order valence-corrected chi connectivity index (χ3v) is 6.55. The molecule has 4 heterocycles. The van der Waals surface area contributed by atoms with E-state index in [2.05, 4.69) is 29.7 Å². The third-order valence-electron chi connectivity index (χ3n) is 6.26. The molecule has 0 saturated carbocycles. The van der Waals surface area contributed by atoms with Crippen LogP contribution in [-0.2, 0) is 15.4 Å². The van der Waals surface area contributed by atoms with Crippen LogP contribution in [0.4, 0.5) is 11.8 Å². The van der Waals surface area contributed by atoms with Gasteiger partial charge in [0.1, 0.15) is 11.6 Å². The van der Waals surface area contributed by atoms with Gasteiger partial charge in [-0.05, 0) is 44.2 Å². The number of anilines is 2. The second-order valence-electron chi connectivity index (χ2n) is 8.84. The third kappa shape index (κ3) is 4.62. The molecule has 2 aliphatic rings. The van der Waals surface area contributed by atoms with Gasteiger partial charge >= 0.3 is 0 Å². The van der Waals surface area contributed by atoms with Crippen LogP contribution in [0, 0.1) is 0 Å². The predicted molar refractivity (Wildman–Crippen MR) is 134 cm³/mol. The van der Waals surface area contributed by atoms with Crippen molar-refractivity contribution in [1.82, 2.24) is 15.0 Å². The van der Waals surface area contributed by atoms with Crippen molar-refractivity contribution in [3.8, 4) is 17.0 Å². The summed E-state index contributed by atoms with van der Waals surface area (Å²) in [6.07, 6.45) is 0.227. The highest BCUT2D eigenvalue weighted by atomic mass is 35.5. The van der Waals surface area contributed by atoms with Crippen LogP contribution in [-0.4, -0.2) is 73.7 Å². The van der Waals surface area contributed by atoms with Gasteiger partial charge in [0.25, 0.3) is 0 Å². The van der Waals surface area contributed by atoms with E-state index in [4.69, 9.17) is 40.8 Å². The number of rotatable bonds is 5. The number of fused-ring (bicyclic) bond motifs is 1. The van der Waals surface area contributed by atoms with Crippen LogP contribution in [0.15, 0.2) is 30.3 Å². The summed E-state index contributed by atoms with van der Waals surface area (Å²) < 4.78 is 16.9. The second-order valence-corrected chi connectivity index (χ2v) is 9.10. The van der Waals surface area contributed by atoms with Crippen molar-refractivity contribution >= 4 is 34.4 Å². The van der Waals surface area contributed by atoms with Crippen LogP contribution in [0.5, 0.6) is 5.75 Å². The molecule has 5 rings (SSSR count). The van der Waals surface area contributed by atoms with Crippen LogP contribution < -0.4 is 14.5 Å². The Morgan fingerprint density at radius 2 is 1.76 bits per heavy atom. The normalized spacial score (nSPS) is 21.2. The van der Waals surface area contributed by atoms with Crippen molar-refractivity contribution in [3.63, 3.8) is 0 Å². The Hall–Kier alpha value is -2.68. The van der Waals surface area contributed by atoms with E-state index < -0.39 is 0 Å². The highest BCUT2D eigenvalue weighted by Crippen LogP contribution is 2.32. The quantitative estimate of drug-likeness (QED) is 0.506. The van der Waals surface area contributed by atoms with E-state index in [0.717, 1.165) is 60.0 Å². The van der Waals surface area contributed by atoms with Crippen molar-refractivity contribution < 1.29 is 14.2 Å². The molecule has 2 fully saturated rings. The summed E-state index contributed by atoms with van der Waals surface area (Å²) in [6.45, 7) is 8.62. The molecule has 3 aromatic rings. The monoisotopic (exact) mass is 483 g/mol. The minimum Gasteiger partial charge on any atom is -0.496 e. The maximum Gasteiger partial charge on any atom is 0.229 e. The average Bonchev–Trinajstić information content (AvgIpc) is 2.87. The Bertz CT molecular complexity index is 1160. The Morgan fingerprint density at radius 3 is 2.47 bits per heavy atom. The molecule has 0 radical (unpaired) electrons. The number of ether oxygens (including phenoxy) is 3. The molecule has 1 aromatic carbocycles. The molecule has 2 saturated heterocycles. The maximum atomic E-state index is 6.15. The average molecular weight is 484 g/mol. The molecule has 180 valence electrons. The summed E-state index contributed by atoms with van der Waals surface area (Å²) in [6, 6.07) is 10.0. The minimum absolute atomic E-state index is 0.113. The van der Waals surface area contributed by atoms with Crippen molar-refractivity contribution in [2.45, 2.75) is 31.9 Å². The summed E-state index contributed by atoms with van der Waals surface area (Å²) >= 11 is 6.15. The fraction of sp³-hybridized carbons (Fsp3) is 0.480. The molecule has 2 atom stereocenters. The van der Waals surface area contributed by atoms with Gasteiger partial charge in [0.2, 0.25) is 5.95 Å².